The minimum atomic E-state index is -0.291. The van der Waals surface area contributed by atoms with E-state index >= 15 is 0 Å². The van der Waals surface area contributed by atoms with Crippen LogP contribution < -0.4 is 10.2 Å². The molecule has 0 spiro atoms. The molecule has 2 N–H and O–H groups in total. The van der Waals surface area contributed by atoms with E-state index in [4.69, 9.17) is 0 Å². The smallest absolute Gasteiger partial charge is 0.238 e. The summed E-state index contributed by atoms with van der Waals surface area (Å²) in [5.41, 5.74) is 2.10. The first-order chi connectivity index (χ1) is 11.6. The van der Waals surface area contributed by atoms with Crippen molar-refractivity contribution < 1.29 is 9.90 Å². The van der Waals surface area contributed by atoms with Crippen molar-refractivity contribution in [2.75, 3.05) is 42.9 Å². The lowest BCUT2D eigenvalue weighted by Gasteiger charge is -2.28. The fourth-order valence-electron chi connectivity index (χ4n) is 3.71. The first kappa shape index (κ1) is 17.2. The fraction of sp³-hybridized carbons (Fsp3) is 0.632. The summed E-state index contributed by atoms with van der Waals surface area (Å²) in [4.78, 5) is 16.7. The lowest BCUT2D eigenvalue weighted by Crippen LogP contribution is -2.32. The van der Waals surface area contributed by atoms with Crippen molar-refractivity contribution in [1.82, 2.24) is 4.90 Å². The number of aliphatic hydroxyl groups is 1. The molecule has 24 heavy (non-hydrogen) atoms. The van der Waals surface area contributed by atoms with Crippen molar-refractivity contribution in [2.24, 2.45) is 5.92 Å². The molecule has 0 bridgehead atoms. The van der Waals surface area contributed by atoms with Crippen LogP contribution in [0.1, 0.15) is 32.6 Å². The second-order valence-corrected chi connectivity index (χ2v) is 7.17. The average Bonchev–Trinajstić information content (AvgIpc) is 3.05. The molecular weight excluding hydrogens is 302 g/mol. The molecule has 0 aliphatic carbocycles. The summed E-state index contributed by atoms with van der Waals surface area (Å²) in [5, 5.41) is 12.6. The molecule has 1 amide bonds. The van der Waals surface area contributed by atoms with Crippen LogP contribution in [-0.2, 0) is 4.79 Å². The van der Waals surface area contributed by atoms with Crippen LogP contribution in [0.4, 0.5) is 11.4 Å². The number of hydrogen-bond acceptors (Lipinski definition) is 4. The number of anilines is 2. The van der Waals surface area contributed by atoms with Crippen LogP contribution in [0.2, 0.25) is 0 Å². The van der Waals surface area contributed by atoms with Crippen LogP contribution >= 0.6 is 0 Å². The molecule has 2 saturated heterocycles. The number of likely N-dealkylation sites (tertiary alicyclic amines) is 1. The summed E-state index contributed by atoms with van der Waals surface area (Å²) in [5.74, 6) is 0.314. The maximum absolute atomic E-state index is 12.2. The molecule has 0 saturated carbocycles. The highest BCUT2D eigenvalue weighted by atomic mass is 16.3. The standard InChI is InChI=1S/C19H29N3O2/c1-15(23)16-9-12-21(13-16)14-19(24)20-17-5-7-18(8-6-17)22-10-3-2-4-11-22/h5-8,15-16,23H,2-4,9-14H2,1H3,(H,20,24). The predicted octanol–water partition coefficient (Wildman–Crippen LogP) is 2.32. The third kappa shape index (κ3) is 4.48. The Morgan fingerprint density at radius 1 is 1.21 bits per heavy atom. The Labute approximate surface area is 144 Å². The Kier molecular flexibility index (Phi) is 5.74. The maximum Gasteiger partial charge on any atom is 0.238 e. The molecule has 2 aliphatic rings. The van der Waals surface area contributed by atoms with E-state index < -0.39 is 0 Å². The lowest BCUT2D eigenvalue weighted by atomic mass is 10.0. The molecule has 1 aromatic carbocycles. The van der Waals surface area contributed by atoms with Gasteiger partial charge in [0.2, 0.25) is 5.91 Å². The SMILES string of the molecule is CC(O)C1CCN(CC(=O)Nc2ccc(N3CCCCC3)cc2)C1. The molecule has 2 fully saturated rings. The molecule has 2 atom stereocenters. The van der Waals surface area contributed by atoms with Crippen LogP contribution in [0, 0.1) is 5.92 Å². The lowest BCUT2D eigenvalue weighted by molar-refractivity contribution is -0.117. The number of benzene rings is 1. The number of carbonyl (C=O) groups is 1. The average molecular weight is 331 g/mol. The van der Waals surface area contributed by atoms with Gasteiger partial charge in [0.1, 0.15) is 0 Å². The van der Waals surface area contributed by atoms with Crippen LogP contribution in [0.5, 0.6) is 0 Å². The van der Waals surface area contributed by atoms with Crippen LogP contribution in [-0.4, -0.2) is 54.7 Å². The van der Waals surface area contributed by atoms with Gasteiger partial charge in [0.15, 0.2) is 0 Å². The zero-order valence-electron chi connectivity index (χ0n) is 14.6. The van der Waals surface area contributed by atoms with E-state index in [2.05, 4.69) is 27.2 Å². The van der Waals surface area contributed by atoms with Crippen LogP contribution in [0.15, 0.2) is 24.3 Å². The second kappa shape index (κ2) is 7.99. The van der Waals surface area contributed by atoms with Gasteiger partial charge in [0.05, 0.1) is 12.6 Å². The second-order valence-electron chi connectivity index (χ2n) is 7.17. The van der Waals surface area contributed by atoms with E-state index in [1.807, 2.05) is 19.1 Å². The first-order valence-electron chi connectivity index (χ1n) is 9.17. The van der Waals surface area contributed by atoms with Gasteiger partial charge in [-0.3, -0.25) is 9.69 Å². The van der Waals surface area contributed by atoms with Crippen molar-refractivity contribution in [3.05, 3.63) is 24.3 Å². The normalized spacial score (nSPS) is 23.2. The van der Waals surface area contributed by atoms with Crippen LogP contribution in [0.3, 0.4) is 0 Å². The molecule has 0 aromatic heterocycles. The van der Waals surface area contributed by atoms with E-state index in [1.54, 1.807) is 0 Å². The topological polar surface area (TPSA) is 55.8 Å². The Bertz CT molecular complexity index is 538. The summed E-state index contributed by atoms with van der Waals surface area (Å²) >= 11 is 0. The fourth-order valence-corrected chi connectivity index (χ4v) is 3.71. The zero-order chi connectivity index (χ0) is 16.9. The van der Waals surface area contributed by atoms with Crippen LogP contribution in [0.25, 0.3) is 0 Å². The van der Waals surface area contributed by atoms with Gasteiger partial charge in [-0.2, -0.15) is 0 Å². The monoisotopic (exact) mass is 331 g/mol. The molecular formula is C19H29N3O2. The quantitative estimate of drug-likeness (QED) is 0.869. The van der Waals surface area contributed by atoms with Gasteiger partial charge in [0.25, 0.3) is 0 Å². The van der Waals surface area contributed by atoms with Gasteiger partial charge in [0, 0.05) is 31.0 Å². The van der Waals surface area contributed by atoms with Crippen molar-refractivity contribution in [2.45, 2.75) is 38.7 Å². The van der Waals surface area contributed by atoms with Crippen molar-refractivity contribution >= 4 is 17.3 Å². The van der Waals surface area contributed by atoms with Crippen molar-refractivity contribution in [3.63, 3.8) is 0 Å². The molecule has 2 aliphatic heterocycles. The van der Waals surface area contributed by atoms with E-state index in [9.17, 15) is 9.90 Å². The molecule has 2 heterocycles. The van der Waals surface area contributed by atoms with Gasteiger partial charge >= 0.3 is 0 Å². The number of rotatable bonds is 5. The number of nitrogens with one attached hydrogen (secondary N) is 1. The van der Waals surface area contributed by atoms with E-state index in [1.165, 1.54) is 24.9 Å². The Morgan fingerprint density at radius 2 is 1.92 bits per heavy atom. The third-order valence-electron chi connectivity index (χ3n) is 5.23. The summed E-state index contributed by atoms with van der Waals surface area (Å²) in [7, 11) is 0. The largest absolute Gasteiger partial charge is 0.393 e. The summed E-state index contributed by atoms with van der Waals surface area (Å²) in [6.07, 6.45) is 4.54. The molecule has 2 unspecified atom stereocenters. The Hall–Kier alpha value is -1.59. The number of piperidine rings is 1. The highest BCUT2D eigenvalue weighted by Crippen LogP contribution is 2.22. The summed E-state index contributed by atoms with van der Waals surface area (Å²) < 4.78 is 0. The zero-order valence-corrected chi connectivity index (χ0v) is 14.6. The number of amides is 1. The number of carbonyl (C=O) groups excluding carboxylic acids is 1. The summed E-state index contributed by atoms with van der Waals surface area (Å²) in [6, 6.07) is 8.18. The molecule has 1 aromatic rings. The number of hydrogen-bond donors (Lipinski definition) is 2. The Morgan fingerprint density at radius 3 is 2.54 bits per heavy atom. The number of nitrogens with zero attached hydrogens (tertiary/aromatic N) is 2. The third-order valence-corrected chi connectivity index (χ3v) is 5.23. The Balaban J connectivity index is 1.48. The van der Waals surface area contributed by atoms with E-state index in [0.29, 0.717) is 12.5 Å². The molecule has 132 valence electrons. The van der Waals surface area contributed by atoms with Gasteiger partial charge < -0.3 is 15.3 Å². The molecule has 5 heteroatoms. The van der Waals surface area contributed by atoms with Gasteiger partial charge in [-0.1, -0.05) is 0 Å². The highest BCUT2D eigenvalue weighted by Gasteiger charge is 2.27. The van der Waals surface area contributed by atoms with Gasteiger partial charge in [-0.15, -0.1) is 0 Å². The molecule has 5 nitrogen and oxygen atoms in total. The minimum Gasteiger partial charge on any atom is -0.393 e. The van der Waals surface area contributed by atoms with Gasteiger partial charge in [-0.25, -0.2) is 0 Å². The predicted molar refractivity (Wildman–Crippen MR) is 97.4 cm³/mol. The number of aliphatic hydroxyl groups excluding tert-OH is 1. The minimum absolute atomic E-state index is 0.0203. The maximum atomic E-state index is 12.2. The first-order valence-corrected chi connectivity index (χ1v) is 9.17. The van der Waals surface area contributed by atoms with Gasteiger partial charge in [-0.05, 0) is 69.3 Å². The molecule has 0 radical (unpaired) electrons. The highest BCUT2D eigenvalue weighted by molar-refractivity contribution is 5.92. The van der Waals surface area contributed by atoms with Crippen molar-refractivity contribution in [3.8, 4) is 0 Å². The molecule has 3 rings (SSSR count). The summed E-state index contributed by atoms with van der Waals surface area (Å²) in [6.45, 7) is 6.18. The van der Waals surface area contributed by atoms with E-state index in [-0.39, 0.29) is 12.0 Å². The van der Waals surface area contributed by atoms with Crippen molar-refractivity contribution in [1.29, 1.82) is 0 Å². The van der Waals surface area contributed by atoms with E-state index in [0.717, 1.165) is 38.3 Å².